The maximum Gasteiger partial charge on any atom is 0.0105 e. The van der Waals surface area contributed by atoms with E-state index in [0.29, 0.717) is 0 Å². The number of fused-ring (bicyclic) bond motifs is 2. The van der Waals surface area contributed by atoms with Crippen molar-refractivity contribution in [2.24, 2.45) is 29.6 Å². The second-order valence-corrected chi connectivity index (χ2v) is 8.23. The zero-order valence-electron chi connectivity index (χ0n) is 13.8. The summed E-state index contributed by atoms with van der Waals surface area (Å²) in [5, 5.41) is 3.57. The average molecular weight is 278 g/mol. The molecule has 3 saturated carbocycles. The van der Waals surface area contributed by atoms with Crippen molar-refractivity contribution in [3.63, 3.8) is 0 Å². The van der Waals surface area contributed by atoms with E-state index in [0.717, 1.165) is 35.6 Å². The van der Waals surface area contributed by atoms with E-state index in [-0.39, 0.29) is 0 Å². The van der Waals surface area contributed by atoms with Gasteiger partial charge >= 0.3 is 0 Å². The quantitative estimate of drug-likeness (QED) is 0.829. The van der Waals surface area contributed by atoms with Crippen molar-refractivity contribution in [3.8, 4) is 0 Å². The first kappa shape index (κ1) is 14.8. The molecular formula is C18H34N2. The molecule has 116 valence electrons. The minimum Gasteiger partial charge on any atom is -0.317 e. The largest absolute Gasteiger partial charge is 0.317 e. The Morgan fingerprint density at radius 2 is 1.75 bits per heavy atom. The molecule has 0 saturated heterocycles. The van der Waals surface area contributed by atoms with E-state index in [1.165, 1.54) is 51.6 Å². The molecule has 2 nitrogen and oxygen atoms in total. The zero-order chi connectivity index (χ0) is 14.1. The molecule has 3 aliphatic carbocycles. The first-order chi connectivity index (χ1) is 9.65. The molecule has 1 N–H and O–H groups in total. The lowest BCUT2D eigenvalue weighted by Crippen LogP contribution is -2.44. The van der Waals surface area contributed by atoms with E-state index in [9.17, 15) is 0 Å². The minimum atomic E-state index is 0.758. The fraction of sp³-hybridized carbons (Fsp3) is 1.00. The zero-order valence-corrected chi connectivity index (χ0v) is 13.8. The van der Waals surface area contributed by atoms with Crippen molar-refractivity contribution >= 4 is 0 Å². The molecule has 0 aliphatic heterocycles. The van der Waals surface area contributed by atoms with Crippen LogP contribution in [0.4, 0.5) is 0 Å². The summed E-state index contributed by atoms with van der Waals surface area (Å²) in [5.74, 6) is 4.99. The summed E-state index contributed by atoms with van der Waals surface area (Å²) in [4.78, 5) is 2.67. The highest BCUT2D eigenvalue weighted by Crippen LogP contribution is 2.48. The fourth-order valence-electron chi connectivity index (χ4n) is 5.56. The summed E-state index contributed by atoms with van der Waals surface area (Å²) in [5.41, 5.74) is 0. The van der Waals surface area contributed by atoms with Crippen LogP contribution in [0.25, 0.3) is 0 Å². The van der Waals surface area contributed by atoms with E-state index in [1.54, 1.807) is 6.42 Å². The van der Waals surface area contributed by atoms with E-state index in [2.05, 4.69) is 31.2 Å². The summed E-state index contributed by atoms with van der Waals surface area (Å²) in [6.07, 6.45) is 10.4. The van der Waals surface area contributed by atoms with Crippen LogP contribution in [-0.4, -0.2) is 38.1 Å². The van der Waals surface area contributed by atoms with Crippen LogP contribution in [0.3, 0.4) is 0 Å². The highest BCUT2D eigenvalue weighted by molar-refractivity contribution is 4.91. The van der Waals surface area contributed by atoms with Gasteiger partial charge in [0.1, 0.15) is 0 Å². The molecule has 3 aliphatic rings. The molecule has 2 bridgehead atoms. The molecule has 0 heterocycles. The molecule has 0 amide bonds. The summed E-state index contributed by atoms with van der Waals surface area (Å²) in [6.45, 7) is 5.11. The van der Waals surface area contributed by atoms with Crippen molar-refractivity contribution in [2.75, 3.05) is 27.2 Å². The Morgan fingerprint density at radius 3 is 2.40 bits per heavy atom. The van der Waals surface area contributed by atoms with Crippen molar-refractivity contribution in [1.82, 2.24) is 10.2 Å². The SMILES string of the molecule is CNC1CCC(C)CC1CN(C)CC1CC2CCC1C2. The monoisotopic (exact) mass is 278 g/mol. The van der Waals surface area contributed by atoms with Gasteiger partial charge in [0, 0.05) is 19.1 Å². The lowest BCUT2D eigenvalue weighted by molar-refractivity contribution is 0.141. The topological polar surface area (TPSA) is 15.3 Å². The van der Waals surface area contributed by atoms with Gasteiger partial charge in [0.2, 0.25) is 0 Å². The average Bonchev–Trinajstić information content (AvgIpc) is 3.01. The van der Waals surface area contributed by atoms with E-state index < -0.39 is 0 Å². The lowest BCUT2D eigenvalue weighted by atomic mass is 9.78. The van der Waals surface area contributed by atoms with Gasteiger partial charge in [-0.1, -0.05) is 13.3 Å². The van der Waals surface area contributed by atoms with E-state index in [4.69, 9.17) is 0 Å². The van der Waals surface area contributed by atoms with E-state index >= 15 is 0 Å². The van der Waals surface area contributed by atoms with Gasteiger partial charge in [-0.3, -0.25) is 0 Å². The van der Waals surface area contributed by atoms with Gasteiger partial charge in [-0.2, -0.15) is 0 Å². The Labute approximate surface area is 125 Å². The first-order valence-corrected chi connectivity index (χ1v) is 9.01. The minimum absolute atomic E-state index is 0.758. The van der Waals surface area contributed by atoms with Gasteiger partial charge in [0.05, 0.1) is 0 Å². The van der Waals surface area contributed by atoms with Crippen molar-refractivity contribution in [1.29, 1.82) is 0 Å². The van der Waals surface area contributed by atoms with Crippen molar-refractivity contribution in [3.05, 3.63) is 0 Å². The molecule has 2 heteroatoms. The standard InChI is InChI=1S/C18H34N2/c1-13-4-7-18(19-2)17(8-13)12-20(3)11-16-10-14-5-6-15(16)9-14/h13-19H,4-12H2,1-3H3. The molecule has 0 aromatic heterocycles. The molecule has 0 radical (unpaired) electrons. The number of rotatable bonds is 5. The predicted molar refractivity (Wildman–Crippen MR) is 85.8 cm³/mol. The third kappa shape index (κ3) is 3.22. The van der Waals surface area contributed by atoms with Crippen LogP contribution in [0.15, 0.2) is 0 Å². The predicted octanol–water partition coefficient (Wildman–Crippen LogP) is 3.38. The van der Waals surface area contributed by atoms with Crippen LogP contribution in [0.1, 0.15) is 51.9 Å². The molecule has 20 heavy (non-hydrogen) atoms. The molecule has 3 rings (SSSR count). The second kappa shape index (κ2) is 6.36. The highest BCUT2D eigenvalue weighted by atomic mass is 15.1. The number of nitrogens with zero attached hydrogens (tertiary/aromatic N) is 1. The molecule has 0 aromatic rings. The first-order valence-electron chi connectivity index (χ1n) is 9.01. The van der Waals surface area contributed by atoms with Crippen LogP contribution >= 0.6 is 0 Å². The Bertz CT molecular complexity index is 317. The normalized spacial score (nSPS) is 44.4. The smallest absolute Gasteiger partial charge is 0.0105 e. The van der Waals surface area contributed by atoms with Gasteiger partial charge in [-0.25, -0.2) is 0 Å². The van der Waals surface area contributed by atoms with Crippen LogP contribution in [0.2, 0.25) is 0 Å². The van der Waals surface area contributed by atoms with Gasteiger partial charge in [0.25, 0.3) is 0 Å². The lowest BCUT2D eigenvalue weighted by Gasteiger charge is -2.38. The molecule has 3 fully saturated rings. The Kier molecular flexibility index (Phi) is 4.72. The summed E-state index contributed by atoms with van der Waals surface area (Å²) < 4.78 is 0. The number of hydrogen-bond donors (Lipinski definition) is 1. The molecule has 0 aromatic carbocycles. The van der Waals surface area contributed by atoms with Crippen molar-refractivity contribution in [2.45, 2.75) is 57.9 Å². The molecular weight excluding hydrogens is 244 g/mol. The van der Waals surface area contributed by atoms with E-state index in [1.807, 2.05) is 0 Å². The summed E-state index contributed by atoms with van der Waals surface area (Å²) in [7, 11) is 4.53. The van der Waals surface area contributed by atoms with Gasteiger partial charge in [-0.05, 0) is 82.2 Å². The number of hydrogen-bond acceptors (Lipinski definition) is 2. The van der Waals surface area contributed by atoms with Crippen LogP contribution in [0, 0.1) is 29.6 Å². The van der Waals surface area contributed by atoms with Crippen LogP contribution < -0.4 is 5.32 Å². The van der Waals surface area contributed by atoms with Crippen LogP contribution in [-0.2, 0) is 0 Å². The summed E-state index contributed by atoms with van der Waals surface area (Å²) >= 11 is 0. The summed E-state index contributed by atoms with van der Waals surface area (Å²) in [6, 6.07) is 0.758. The van der Waals surface area contributed by atoms with Crippen molar-refractivity contribution < 1.29 is 0 Å². The Morgan fingerprint density at radius 1 is 0.950 bits per heavy atom. The highest BCUT2D eigenvalue weighted by Gasteiger charge is 2.40. The van der Waals surface area contributed by atoms with Crippen LogP contribution in [0.5, 0.6) is 0 Å². The van der Waals surface area contributed by atoms with Gasteiger partial charge in [-0.15, -0.1) is 0 Å². The Balaban J connectivity index is 1.48. The third-order valence-corrected chi connectivity index (χ3v) is 6.59. The number of nitrogens with one attached hydrogen (secondary N) is 1. The molecule has 0 spiro atoms. The maximum absolute atomic E-state index is 3.57. The Hall–Kier alpha value is -0.0800. The third-order valence-electron chi connectivity index (χ3n) is 6.59. The second-order valence-electron chi connectivity index (χ2n) is 8.23. The molecule has 6 atom stereocenters. The molecule has 6 unspecified atom stereocenters. The van der Waals surface area contributed by atoms with Gasteiger partial charge in [0.15, 0.2) is 0 Å². The fourth-order valence-corrected chi connectivity index (χ4v) is 5.56. The maximum atomic E-state index is 3.57. The van der Waals surface area contributed by atoms with Gasteiger partial charge < -0.3 is 10.2 Å².